The first-order valence-corrected chi connectivity index (χ1v) is 13.0. The Labute approximate surface area is 217 Å². The number of hydrogen-bond donors (Lipinski definition) is 0. The molecule has 37 heavy (non-hydrogen) atoms. The Morgan fingerprint density at radius 1 is 0.676 bits per heavy atom. The summed E-state index contributed by atoms with van der Waals surface area (Å²) in [5, 5.41) is 3.98. The molecule has 1 unspecified atom stereocenters. The van der Waals surface area contributed by atoms with E-state index in [1.807, 2.05) is 0 Å². The highest BCUT2D eigenvalue weighted by Crippen LogP contribution is 2.41. The number of anilines is 2. The molecule has 1 aromatic heterocycles. The Hall–Kier alpha value is -4.56. The molecule has 0 saturated carbocycles. The maximum absolute atomic E-state index is 2.42. The van der Waals surface area contributed by atoms with Gasteiger partial charge in [0, 0.05) is 41.1 Å². The molecule has 178 valence electrons. The molecule has 1 aliphatic carbocycles. The first-order chi connectivity index (χ1) is 18.3. The highest BCUT2D eigenvalue weighted by molar-refractivity contribution is 5.94. The largest absolute Gasteiger partial charge is 0.345 e. The Bertz CT molecular complexity index is 1750. The van der Waals surface area contributed by atoms with Crippen molar-refractivity contribution < 1.29 is 0 Å². The van der Waals surface area contributed by atoms with Gasteiger partial charge in [-0.3, -0.25) is 0 Å². The average molecular weight is 477 g/mol. The van der Waals surface area contributed by atoms with Crippen molar-refractivity contribution in [3.63, 3.8) is 0 Å². The van der Waals surface area contributed by atoms with E-state index in [-0.39, 0.29) is 0 Å². The SMILES string of the molecule is CN(c1ccccc1)c1ccc2c(c1)c1c(n2-c2ccccc2)C=CC(c2cccc3ccccc23)C1. The van der Waals surface area contributed by atoms with Gasteiger partial charge in [-0.2, -0.15) is 0 Å². The van der Waals surface area contributed by atoms with Crippen LogP contribution in [0.1, 0.15) is 22.7 Å². The van der Waals surface area contributed by atoms with Crippen LogP contribution in [0, 0.1) is 0 Å². The Morgan fingerprint density at radius 2 is 1.41 bits per heavy atom. The second kappa shape index (κ2) is 8.83. The summed E-state index contributed by atoms with van der Waals surface area (Å²) in [5.74, 6) is 0.337. The number of hydrogen-bond acceptors (Lipinski definition) is 1. The van der Waals surface area contributed by atoms with E-state index in [4.69, 9.17) is 0 Å². The van der Waals surface area contributed by atoms with Gasteiger partial charge in [-0.15, -0.1) is 0 Å². The summed E-state index contributed by atoms with van der Waals surface area (Å²) in [6, 6.07) is 43.7. The minimum Gasteiger partial charge on any atom is -0.345 e. The first-order valence-electron chi connectivity index (χ1n) is 13.0. The van der Waals surface area contributed by atoms with Gasteiger partial charge < -0.3 is 9.47 Å². The molecule has 2 heteroatoms. The van der Waals surface area contributed by atoms with Gasteiger partial charge >= 0.3 is 0 Å². The topological polar surface area (TPSA) is 8.17 Å². The lowest BCUT2D eigenvalue weighted by Crippen LogP contribution is -2.09. The van der Waals surface area contributed by atoms with E-state index >= 15 is 0 Å². The Balaban J connectivity index is 1.41. The lowest BCUT2D eigenvalue weighted by atomic mass is 9.84. The molecule has 6 aromatic rings. The third kappa shape index (κ3) is 3.65. The summed E-state index contributed by atoms with van der Waals surface area (Å²) in [7, 11) is 2.15. The van der Waals surface area contributed by atoms with Gasteiger partial charge in [-0.25, -0.2) is 0 Å². The second-order valence-electron chi connectivity index (χ2n) is 9.87. The van der Waals surface area contributed by atoms with Crippen LogP contribution in [0.3, 0.4) is 0 Å². The maximum Gasteiger partial charge on any atom is 0.0539 e. The van der Waals surface area contributed by atoms with Gasteiger partial charge in [-0.05, 0) is 76.9 Å². The van der Waals surface area contributed by atoms with Crippen LogP contribution in [0.4, 0.5) is 11.4 Å². The third-order valence-corrected chi connectivity index (χ3v) is 7.77. The van der Waals surface area contributed by atoms with Crippen molar-refractivity contribution in [2.45, 2.75) is 12.3 Å². The quantitative estimate of drug-likeness (QED) is 0.247. The van der Waals surface area contributed by atoms with Gasteiger partial charge in [0.25, 0.3) is 0 Å². The summed E-state index contributed by atoms with van der Waals surface area (Å²) < 4.78 is 2.42. The maximum atomic E-state index is 2.42. The molecular formula is C35H28N2. The van der Waals surface area contributed by atoms with Crippen molar-refractivity contribution >= 4 is 39.1 Å². The molecule has 1 heterocycles. The highest BCUT2D eigenvalue weighted by Gasteiger charge is 2.25. The molecule has 0 N–H and O–H groups in total. The van der Waals surface area contributed by atoms with Crippen molar-refractivity contribution in [2.75, 3.05) is 11.9 Å². The molecule has 0 amide bonds. The summed E-state index contributed by atoms with van der Waals surface area (Å²) in [6.07, 6.45) is 5.73. The number of nitrogens with zero attached hydrogens (tertiary/aromatic N) is 2. The van der Waals surface area contributed by atoms with Crippen LogP contribution in [-0.2, 0) is 6.42 Å². The van der Waals surface area contributed by atoms with E-state index in [0.29, 0.717) is 5.92 Å². The van der Waals surface area contributed by atoms with Crippen molar-refractivity contribution in [1.29, 1.82) is 0 Å². The highest BCUT2D eigenvalue weighted by atomic mass is 15.1. The van der Waals surface area contributed by atoms with Crippen LogP contribution >= 0.6 is 0 Å². The van der Waals surface area contributed by atoms with E-state index in [1.165, 1.54) is 55.6 Å². The van der Waals surface area contributed by atoms with Gasteiger partial charge in [0.1, 0.15) is 0 Å². The van der Waals surface area contributed by atoms with Crippen LogP contribution < -0.4 is 4.90 Å². The zero-order chi connectivity index (χ0) is 24.8. The molecule has 0 bridgehead atoms. The Kier molecular flexibility index (Phi) is 5.18. The van der Waals surface area contributed by atoms with Crippen LogP contribution in [0.15, 0.2) is 127 Å². The third-order valence-electron chi connectivity index (χ3n) is 7.77. The van der Waals surface area contributed by atoms with Crippen LogP contribution in [-0.4, -0.2) is 11.6 Å². The predicted molar refractivity (Wildman–Crippen MR) is 157 cm³/mol. The number of aromatic nitrogens is 1. The van der Waals surface area contributed by atoms with E-state index < -0.39 is 0 Å². The average Bonchev–Trinajstić information content (AvgIpc) is 3.30. The van der Waals surface area contributed by atoms with E-state index in [0.717, 1.165) is 6.42 Å². The van der Waals surface area contributed by atoms with Crippen molar-refractivity contribution in [1.82, 2.24) is 4.57 Å². The fourth-order valence-corrected chi connectivity index (χ4v) is 5.90. The molecule has 1 atom stereocenters. The molecule has 0 aliphatic heterocycles. The lowest BCUT2D eigenvalue weighted by Gasteiger charge is -2.21. The van der Waals surface area contributed by atoms with E-state index in [2.05, 4.69) is 150 Å². The first kappa shape index (κ1) is 21.7. The van der Waals surface area contributed by atoms with Gasteiger partial charge in [0.15, 0.2) is 0 Å². The van der Waals surface area contributed by atoms with Gasteiger partial charge in [-0.1, -0.05) is 84.9 Å². The summed E-state index contributed by atoms with van der Waals surface area (Å²) >= 11 is 0. The van der Waals surface area contributed by atoms with Crippen molar-refractivity contribution in [3.05, 3.63) is 144 Å². The summed E-state index contributed by atoms with van der Waals surface area (Å²) in [5.41, 5.74) is 8.95. The molecule has 0 radical (unpaired) electrons. The summed E-state index contributed by atoms with van der Waals surface area (Å²) in [6.45, 7) is 0. The van der Waals surface area contributed by atoms with E-state index in [9.17, 15) is 0 Å². The number of fused-ring (bicyclic) bond motifs is 4. The van der Waals surface area contributed by atoms with Crippen LogP contribution in [0.25, 0.3) is 33.4 Å². The molecule has 0 saturated heterocycles. The standard InChI is InChI=1S/C35H28N2/c1-36(27-13-4-2-5-14-27)29-20-22-35-33(24-29)32-23-26(31-18-10-12-25-11-8-9-17-30(25)31)19-21-34(32)37(35)28-15-6-3-7-16-28/h2-22,24,26H,23H2,1H3. The van der Waals surface area contributed by atoms with Gasteiger partial charge in [0.05, 0.1) is 5.52 Å². The minimum atomic E-state index is 0.337. The molecule has 1 aliphatic rings. The number of rotatable bonds is 4. The molecule has 7 rings (SSSR count). The molecular weight excluding hydrogens is 448 g/mol. The zero-order valence-corrected chi connectivity index (χ0v) is 20.9. The monoisotopic (exact) mass is 476 g/mol. The molecule has 0 fully saturated rings. The number of para-hydroxylation sites is 2. The smallest absolute Gasteiger partial charge is 0.0539 e. The fourth-order valence-electron chi connectivity index (χ4n) is 5.90. The van der Waals surface area contributed by atoms with E-state index in [1.54, 1.807) is 0 Å². The molecule has 2 nitrogen and oxygen atoms in total. The predicted octanol–water partition coefficient (Wildman–Crippen LogP) is 8.90. The Morgan fingerprint density at radius 3 is 2.24 bits per heavy atom. The molecule has 0 spiro atoms. The fraction of sp³-hybridized carbons (Fsp3) is 0.0857. The molecule has 5 aromatic carbocycles. The zero-order valence-electron chi connectivity index (χ0n) is 20.9. The van der Waals surface area contributed by atoms with Crippen molar-refractivity contribution in [3.8, 4) is 5.69 Å². The van der Waals surface area contributed by atoms with Crippen LogP contribution in [0.5, 0.6) is 0 Å². The van der Waals surface area contributed by atoms with Crippen LogP contribution in [0.2, 0.25) is 0 Å². The number of benzene rings is 5. The van der Waals surface area contributed by atoms with Crippen molar-refractivity contribution in [2.24, 2.45) is 0 Å². The minimum absolute atomic E-state index is 0.337. The van der Waals surface area contributed by atoms with Gasteiger partial charge in [0.2, 0.25) is 0 Å². The number of allylic oxidation sites excluding steroid dienone is 1. The second-order valence-corrected chi connectivity index (χ2v) is 9.87. The summed E-state index contributed by atoms with van der Waals surface area (Å²) in [4.78, 5) is 2.27. The lowest BCUT2D eigenvalue weighted by molar-refractivity contribution is 0.832. The normalized spacial score (nSPS) is 14.7.